The van der Waals surface area contributed by atoms with E-state index in [9.17, 15) is 0 Å². The number of nitrogens with one attached hydrogen (secondary N) is 1. The van der Waals surface area contributed by atoms with Crippen molar-refractivity contribution in [3.05, 3.63) is 106 Å². The lowest BCUT2D eigenvalue weighted by Gasteiger charge is -2.33. The van der Waals surface area contributed by atoms with Crippen LogP contribution in [0.15, 0.2) is 89.3 Å². The molecule has 0 radical (unpaired) electrons. The third kappa shape index (κ3) is 5.34. The fraction of sp³-hybridized carbons (Fsp3) is 0.310. The highest BCUT2D eigenvalue weighted by Crippen LogP contribution is 2.38. The number of hydrazine groups is 1. The molecule has 32 heavy (non-hydrogen) atoms. The summed E-state index contributed by atoms with van der Waals surface area (Å²) in [5.74, 6) is 0. The van der Waals surface area contributed by atoms with Gasteiger partial charge in [0.05, 0.1) is 17.4 Å². The highest BCUT2D eigenvalue weighted by molar-refractivity contribution is 7.08. The number of hydrogen-bond acceptors (Lipinski definition) is 3. The predicted octanol–water partition coefficient (Wildman–Crippen LogP) is 8.13. The Morgan fingerprint density at radius 3 is 2.25 bits per heavy atom. The summed E-state index contributed by atoms with van der Waals surface area (Å²) in [4.78, 5) is 0. The maximum Gasteiger partial charge on any atom is 0.0958 e. The van der Waals surface area contributed by atoms with Crippen LogP contribution in [0.4, 0.5) is 5.69 Å². The maximum atomic E-state index is 3.61. The largest absolute Gasteiger partial charge is 0.298 e. The Bertz CT molecular complexity index is 1070. The first-order valence-electron chi connectivity index (χ1n) is 11.3. The molecule has 166 valence electrons. The van der Waals surface area contributed by atoms with E-state index in [-0.39, 0.29) is 11.5 Å². The monoisotopic (exact) mass is 442 g/mol. The van der Waals surface area contributed by atoms with Crippen molar-refractivity contribution in [1.82, 2.24) is 5.43 Å². The predicted molar refractivity (Wildman–Crippen MR) is 140 cm³/mol. The van der Waals surface area contributed by atoms with E-state index in [1.54, 1.807) is 11.3 Å². The second-order valence-electron chi connectivity index (χ2n) is 10.5. The van der Waals surface area contributed by atoms with E-state index in [2.05, 4.69) is 135 Å². The van der Waals surface area contributed by atoms with Crippen LogP contribution in [0.25, 0.3) is 6.08 Å². The smallest absolute Gasteiger partial charge is 0.0958 e. The standard InChI is InChI=1S/C29H34N2S/c1-28(2,3)21-29(4,5)24-14-12-23(13-15-24)27-19-25(16-11-22-17-18-32-20-22)30-31(27)26-9-7-6-8-10-26/h6-20,27,30H,21H2,1-5H3. The Hall–Kier alpha value is -2.78. The zero-order valence-electron chi connectivity index (χ0n) is 19.8. The van der Waals surface area contributed by atoms with Gasteiger partial charge in [-0.25, -0.2) is 0 Å². The second-order valence-corrected chi connectivity index (χ2v) is 11.3. The molecule has 3 heteroatoms. The number of anilines is 1. The van der Waals surface area contributed by atoms with Gasteiger partial charge in [-0.3, -0.25) is 10.4 Å². The average Bonchev–Trinajstić information content (AvgIpc) is 3.41. The van der Waals surface area contributed by atoms with Gasteiger partial charge in [-0.1, -0.05) is 83.2 Å². The lowest BCUT2D eigenvalue weighted by molar-refractivity contribution is 0.284. The van der Waals surface area contributed by atoms with Crippen molar-refractivity contribution >= 4 is 23.1 Å². The summed E-state index contributed by atoms with van der Waals surface area (Å²) in [6, 6.07) is 22.0. The van der Waals surface area contributed by atoms with E-state index >= 15 is 0 Å². The van der Waals surface area contributed by atoms with Crippen molar-refractivity contribution in [2.24, 2.45) is 5.41 Å². The molecule has 0 saturated carbocycles. The number of rotatable bonds is 6. The van der Waals surface area contributed by atoms with E-state index in [1.807, 2.05) is 0 Å². The van der Waals surface area contributed by atoms with Gasteiger partial charge in [0.2, 0.25) is 0 Å². The molecule has 1 aromatic heterocycles. The highest BCUT2D eigenvalue weighted by atomic mass is 32.1. The first-order chi connectivity index (χ1) is 15.2. The SMILES string of the molecule is CC(C)(C)CC(C)(C)c1ccc(C2C=C(C=Cc3ccsc3)NN2c2ccccc2)cc1. The minimum Gasteiger partial charge on any atom is -0.298 e. The average molecular weight is 443 g/mol. The summed E-state index contributed by atoms with van der Waals surface area (Å²) in [6.07, 6.45) is 7.79. The first-order valence-corrected chi connectivity index (χ1v) is 12.3. The fourth-order valence-electron chi connectivity index (χ4n) is 4.76. The van der Waals surface area contributed by atoms with Crippen molar-refractivity contribution in [2.75, 3.05) is 5.01 Å². The molecule has 0 saturated heterocycles. The Morgan fingerprint density at radius 2 is 1.62 bits per heavy atom. The van der Waals surface area contributed by atoms with Crippen molar-refractivity contribution in [2.45, 2.75) is 52.5 Å². The molecule has 2 heterocycles. The summed E-state index contributed by atoms with van der Waals surface area (Å²) in [5, 5.41) is 6.52. The number of benzene rings is 2. The summed E-state index contributed by atoms with van der Waals surface area (Å²) in [6.45, 7) is 11.7. The maximum absolute atomic E-state index is 3.61. The van der Waals surface area contributed by atoms with Crippen molar-refractivity contribution in [3.8, 4) is 0 Å². The summed E-state index contributed by atoms with van der Waals surface area (Å²) in [5.41, 5.74) is 10.2. The van der Waals surface area contributed by atoms with Crippen LogP contribution in [0.2, 0.25) is 0 Å². The summed E-state index contributed by atoms with van der Waals surface area (Å²) in [7, 11) is 0. The molecule has 1 unspecified atom stereocenters. The minimum atomic E-state index is 0.138. The lowest BCUT2D eigenvalue weighted by Crippen LogP contribution is -2.34. The Kier molecular flexibility index (Phi) is 6.30. The Labute approximate surface area is 197 Å². The van der Waals surface area contributed by atoms with Crippen LogP contribution in [0.1, 0.15) is 63.8 Å². The normalized spacial score (nSPS) is 17.0. The molecule has 0 amide bonds. The zero-order valence-corrected chi connectivity index (χ0v) is 20.6. The molecule has 0 aliphatic carbocycles. The second kappa shape index (κ2) is 8.99. The molecule has 1 N–H and O–H groups in total. The topological polar surface area (TPSA) is 15.3 Å². The van der Waals surface area contributed by atoms with Crippen molar-refractivity contribution < 1.29 is 0 Å². The molecule has 1 aliphatic rings. The van der Waals surface area contributed by atoms with Gasteiger partial charge in [-0.15, -0.1) is 0 Å². The summed E-state index contributed by atoms with van der Waals surface area (Å²) < 4.78 is 0. The van der Waals surface area contributed by atoms with Crippen LogP contribution in [0.5, 0.6) is 0 Å². The molecule has 0 bridgehead atoms. The van der Waals surface area contributed by atoms with Gasteiger partial charge in [0.15, 0.2) is 0 Å². The molecule has 0 fully saturated rings. The van der Waals surface area contributed by atoms with E-state index in [1.165, 1.54) is 16.7 Å². The molecule has 4 rings (SSSR count). The number of thiophene rings is 1. The summed E-state index contributed by atoms with van der Waals surface area (Å²) >= 11 is 1.72. The van der Waals surface area contributed by atoms with Crippen LogP contribution >= 0.6 is 11.3 Å². The van der Waals surface area contributed by atoms with Crippen LogP contribution in [-0.4, -0.2) is 0 Å². The quantitative estimate of drug-likeness (QED) is 0.414. The highest BCUT2D eigenvalue weighted by Gasteiger charge is 2.29. The number of nitrogens with zero attached hydrogens (tertiary/aromatic N) is 1. The molecular formula is C29H34N2S. The number of hydrogen-bond donors (Lipinski definition) is 1. The van der Waals surface area contributed by atoms with Crippen LogP contribution in [0, 0.1) is 5.41 Å². The molecule has 2 aromatic carbocycles. The van der Waals surface area contributed by atoms with Gasteiger partial charge >= 0.3 is 0 Å². The van der Waals surface area contributed by atoms with Gasteiger partial charge in [0.25, 0.3) is 0 Å². The first kappa shape index (κ1) is 22.4. The van der Waals surface area contributed by atoms with Crippen LogP contribution in [0.3, 0.4) is 0 Å². The zero-order chi connectivity index (χ0) is 22.8. The van der Waals surface area contributed by atoms with Gasteiger partial charge in [0.1, 0.15) is 0 Å². The fourth-order valence-corrected chi connectivity index (χ4v) is 5.39. The molecule has 2 nitrogen and oxygen atoms in total. The Morgan fingerprint density at radius 1 is 0.906 bits per heavy atom. The van der Waals surface area contributed by atoms with E-state index in [0.717, 1.165) is 17.8 Å². The van der Waals surface area contributed by atoms with Crippen molar-refractivity contribution in [3.63, 3.8) is 0 Å². The number of para-hydroxylation sites is 1. The molecule has 1 atom stereocenters. The number of allylic oxidation sites excluding steroid dienone is 1. The van der Waals surface area contributed by atoms with Gasteiger partial charge in [0, 0.05) is 0 Å². The third-order valence-electron chi connectivity index (χ3n) is 5.90. The van der Waals surface area contributed by atoms with Gasteiger partial charge in [-0.2, -0.15) is 11.3 Å². The van der Waals surface area contributed by atoms with E-state index in [4.69, 9.17) is 0 Å². The van der Waals surface area contributed by atoms with Crippen LogP contribution in [-0.2, 0) is 5.41 Å². The van der Waals surface area contributed by atoms with Crippen molar-refractivity contribution in [1.29, 1.82) is 0 Å². The third-order valence-corrected chi connectivity index (χ3v) is 6.61. The van der Waals surface area contributed by atoms with E-state index in [0.29, 0.717) is 5.41 Å². The minimum absolute atomic E-state index is 0.138. The molecule has 3 aromatic rings. The Balaban J connectivity index is 1.62. The van der Waals surface area contributed by atoms with Gasteiger partial charge in [-0.05, 0) is 75.1 Å². The van der Waals surface area contributed by atoms with Crippen LogP contribution < -0.4 is 10.4 Å². The lowest BCUT2D eigenvalue weighted by atomic mass is 9.72. The molecule has 1 aliphatic heterocycles. The van der Waals surface area contributed by atoms with E-state index < -0.39 is 0 Å². The molecule has 0 spiro atoms. The molecular weight excluding hydrogens is 408 g/mol. The van der Waals surface area contributed by atoms with Gasteiger partial charge < -0.3 is 0 Å².